The maximum absolute atomic E-state index is 13.9. The zero-order valence-corrected chi connectivity index (χ0v) is 13.6. The second-order valence-electron chi connectivity index (χ2n) is 6.10. The third-order valence-corrected chi connectivity index (χ3v) is 4.20. The van der Waals surface area contributed by atoms with E-state index in [2.05, 4.69) is 20.4 Å². The molecule has 0 saturated carbocycles. The van der Waals surface area contributed by atoms with Gasteiger partial charge < -0.3 is 9.84 Å². The second kappa shape index (κ2) is 7.51. The van der Waals surface area contributed by atoms with Crippen LogP contribution in [0.3, 0.4) is 0 Å². The number of hydrogen-bond acceptors (Lipinski definition) is 6. The largest absolute Gasteiger partial charge is 0.340 e. The Morgan fingerprint density at radius 2 is 2.38 bits per heavy atom. The van der Waals surface area contributed by atoms with Crippen LogP contribution in [-0.2, 0) is 13.1 Å². The molecule has 1 aliphatic heterocycles. The number of piperidine rings is 1. The topological polar surface area (TPSA) is 78.0 Å². The van der Waals surface area contributed by atoms with E-state index in [1.807, 2.05) is 6.07 Å². The van der Waals surface area contributed by atoms with Crippen molar-refractivity contribution in [2.24, 2.45) is 0 Å². The molecule has 3 rings (SSSR count). The van der Waals surface area contributed by atoms with Crippen molar-refractivity contribution in [3.05, 3.63) is 46.9 Å². The molecule has 2 aromatic rings. The molecule has 7 heteroatoms. The summed E-state index contributed by atoms with van der Waals surface area (Å²) in [4.78, 5) is 6.51. The molecule has 1 fully saturated rings. The molecule has 1 atom stereocenters. The Bertz CT molecular complexity index is 739. The predicted molar refractivity (Wildman–Crippen MR) is 85.3 cm³/mol. The van der Waals surface area contributed by atoms with E-state index in [9.17, 15) is 4.39 Å². The minimum Gasteiger partial charge on any atom is -0.340 e. The van der Waals surface area contributed by atoms with E-state index in [-0.39, 0.29) is 5.82 Å². The summed E-state index contributed by atoms with van der Waals surface area (Å²) < 4.78 is 18.9. The summed E-state index contributed by atoms with van der Waals surface area (Å²) in [6.45, 7) is 4.77. The van der Waals surface area contributed by atoms with Crippen molar-refractivity contribution in [1.82, 2.24) is 20.4 Å². The van der Waals surface area contributed by atoms with E-state index in [1.165, 1.54) is 6.07 Å². The fourth-order valence-corrected chi connectivity index (χ4v) is 2.99. The van der Waals surface area contributed by atoms with E-state index in [4.69, 9.17) is 9.78 Å². The van der Waals surface area contributed by atoms with Crippen LogP contribution >= 0.6 is 0 Å². The molecular weight excluding hydrogens is 309 g/mol. The molecule has 24 heavy (non-hydrogen) atoms. The first-order chi connectivity index (χ1) is 11.6. The molecule has 0 amide bonds. The number of aromatic nitrogens is 2. The van der Waals surface area contributed by atoms with Crippen LogP contribution < -0.4 is 5.32 Å². The van der Waals surface area contributed by atoms with Gasteiger partial charge in [0.2, 0.25) is 5.89 Å². The van der Waals surface area contributed by atoms with Crippen LogP contribution in [0.5, 0.6) is 0 Å². The molecular formula is C17H20FN5O. The van der Waals surface area contributed by atoms with Gasteiger partial charge in [0, 0.05) is 31.6 Å². The van der Waals surface area contributed by atoms with Gasteiger partial charge in [0.1, 0.15) is 5.82 Å². The first-order valence-corrected chi connectivity index (χ1v) is 8.07. The van der Waals surface area contributed by atoms with Crippen LogP contribution in [0.2, 0.25) is 0 Å². The first kappa shape index (κ1) is 16.6. The van der Waals surface area contributed by atoms with Crippen molar-refractivity contribution < 1.29 is 8.91 Å². The van der Waals surface area contributed by atoms with Crippen molar-refractivity contribution in [2.75, 3.05) is 13.1 Å². The summed E-state index contributed by atoms with van der Waals surface area (Å²) in [5.74, 6) is 0.941. The molecule has 0 spiro atoms. The average molecular weight is 329 g/mol. The summed E-state index contributed by atoms with van der Waals surface area (Å²) in [6.07, 6.45) is 2.13. The number of nitriles is 1. The van der Waals surface area contributed by atoms with Gasteiger partial charge in [-0.05, 0) is 31.5 Å². The Labute approximate surface area is 140 Å². The highest BCUT2D eigenvalue weighted by atomic mass is 19.1. The molecule has 2 heterocycles. The van der Waals surface area contributed by atoms with E-state index < -0.39 is 0 Å². The zero-order chi connectivity index (χ0) is 16.9. The van der Waals surface area contributed by atoms with Crippen LogP contribution in [0, 0.1) is 24.1 Å². The number of likely N-dealkylation sites (tertiary alicyclic amines) is 1. The van der Waals surface area contributed by atoms with Gasteiger partial charge in [0.05, 0.1) is 18.2 Å². The first-order valence-electron chi connectivity index (χ1n) is 8.07. The van der Waals surface area contributed by atoms with E-state index in [1.54, 1.807) is 19.1 Å². The lowest BCUT2D eigenvalue weighted by Crippen LogP contribution is -2.45. The van der Waals surface area contributed by atoms with Gasteiger partial charge in [-0.25, -0.2) is 4.39 Å². The van der Waals surface area contributed by atoms with Crippen LogP contribution in [0.15, 0.2) is 22.7 Å². The summed E-state index contributed by atoms with van der Waals surface area (Å²) >= 11 is 0. The number of nitrogens with one attached hydrogen (secondary N) is 1. The van der Waals surface area contributed by atoms with Crippen molar-refractivity contribution in [3.63, 3.8) is 0 Å². The van der Waals surface area contributed by atoms with Crippen molar-refractivity contribution >= 4 is 0 Å². The third-order valence-electron chi connectivity index (χ3n) is 4.20. The highest BCUT2D eigenvalue weighted by Crippen LogP contribution is 2.15. The molecule has 1 aromatic heterocycles. The van der Waals surface area contributed by atoms with E-state index in [0.717, 1.165) is 25.9 Å². The number of rotatable bonds is 5. The highest BCUT2D eigenvalue weighted by molar-refractivity contribution is 5.32. The Balaban J connectivity index is 1.53. The zero-order valence-electron chi connectivity index (χ0n) is 13.6. The fraction of sp³-hybridized carbons (Fsp3) is 0.471. The molecule has 0 radical (unpaired) electrons. The Morgan fingerprint density at radius 3 is 3.08 bits per heavy atom. The summed E-state index contributed by atoms with van der Waals surface area (Å²) in [5.41, 5.74) is 0.926. The molecule has 1 N–H and O–H groups in total. The van der Waals surface area contributed by atoms with Gasteiger partial charge >= 0.3 is 0 Å². The fourth-order valence-electron chi connectivity index (χ4n) is 2.99. The average Bonchev–Trinajstić information content (AvgIpc) is 2.99. The lowest BCUT2D eigenvalue weighted by Gasteiger charge is -2.32. The molecule has 0 aliphatic carbocycles. The highest BCUT2D eigenvalue weighted by Gasteiger charge is 2.21. The van der Waals surface area contributed by atoms with Crippen LogP contribution in [0.4, 0.5) is 4.39 Å². The standard InChI is InChI=1S/C17H20FN5O/c1-12-21-17(22-24-12)11-23-6-2-3-15(10-23)20-9-14-5-4-13(8-19)7-16(14)18/h4-5,7,15,20H,2-3,6,9-11H2,1H3/t15-/m1/s1. The normalized spacial score (nSPS) is 18.5. The van der Waals surface area contributed by atoms with Gasteiger partial charge in [-0.2, -0.15) is 10.2 Å². The third kappa shape index (κ3) is 4.16. The maximum atomic E-state index is 13.9. The molecule has 1 aliphatic rings. The van der Waals surface area contributed by atoms with Crippen LogP contribution in [-0.4, -0.2) is 34.2 Å². The van der Waals surface area contributed by atoms with Gasteiger partial charge in [0.25, 0.3) is 0 Å². The van der Waals surface area contributed by atoms with Crippen LogP contribution in [0.25, 0.3) is 0 Å². The number of benzene rings is 1. The molecule has 6 nitrogen and oxygen atoms in total. The minimum atomic E-state index is -0.337. The van der Waals surface area contributed by atoms with Gasteiger partial charge in [0.15, 0.2) is 5.82 Å². The monoisotopic (exact) mass is 329 g/mol. The van der Waals surface area contributed by atoms with Gasteiger partial charge in [-0.15, -0.1) is 0 Å². The van der Waals surface area contributed by atoms with Gasteiger partial charge in [-0.3, -0.25) is 4.90 Å². The van der Waals surface area contributed by atoms with Crippen molar-refractivity contribution in [3.8, 4) is 6.07 Å². The molecule has 1 saturated heterocycles. The number of nitrogens with zero attached hydrogens (tertiary/aromatic N) is 4. The van der Waals surface area contributed by atoms with Gasteiger partial charge in [-0.1, -0.05) is 11.2 Å². The lowest BCUT2D eigenvalue weighted by atomic mass is 10.0. The second-order valence-corrected chi connectivity index (χ2v) is 6.10. The molecule has 0 unspecified atom stereocenters. The minimum absolute atomic E-state index is 0.293. The van der Waals surface area contributed by atoms with Crippen molar-refractivity contribution in [2.45, 2.75) is 38.9 Å². The predicted octanol–water partition coefficient (Wildman–Crippen LogP) is 2.14. The van der Waals surface area contributed by atoms with Crippen LogP contribution in [0.1, 0.15) is 35.7 Å². The van der Waals surface area contributed by atoms with Crippen molar-refractivity contribution in [1.29, 1.82) is 5.26 Å². The summed E-state index contributed by atoms with van der Waals surface area (Å²) in [6, 6.07) is 6.83. The molecule has 126 valence electrons. The molecule has 1 aromatic carbocycles. The van der Waals surface area contributed by atoms with E-state index >= 15 is 0 Å². The number of hydrogen-bond donors (Lipinski definition) is 1. The molecule has 0 bridgehead atoms. The Morgan fingerprint density at radius 1 is 1.50 bits per heavy atom. The maximum Gasteiger partial charge on any atom is 0.223 e. The lowest BCUT2D eigenvalue weighted by molar-refractivity contribution is 0.177. The Kier molecular flexibility index (Phi) is 5.18. The summed E-state index contributed by atoms with van der Waals surface area (Å²) in [5, 5.41) is 16.1. The summed E-state index contributed by atoms with van der Waals surface area (Å²) in [7, 11) is 0. The SMILES string of the molecule is Cc1nc(CN2CCC[C@@H](NCc3ccc(C#N)cc3F)C2)no1. The number of halogens is 1. The quantitative estimate of drug-likeness (QED) is 0.905. The smallest absolute Gasteiger partial charge is 0.223 e. The van der Waals surface area contributed by atoms with E-state index in [0.29, 0.717) is 42.0 Å². The number of aryl methyl sites for hydroxylation is 1. The Hall–Kier alpha value is -2.30.